The molecule has 1 aromatic rings. The van der Waals surface area contributed by atoms with Crippen LogP contribution in [0.15, 0.2) is 18.2 Å². The molecule has 0 aromatic heterocycles. The van der Waals surface area contributed by atoms with E-state index in [1.54, 1.807) is 12.1 Å². The van der Waals surface area contributed by atoms with Crippen molar-refractivity contribution in [2.75, 3.05) is 0 Å². The first kappa shape index (κ1) is 12.9. The topological polar surface area (TPSA) is 66.4 Å². The van der Waals surface area contributed by atoms with E-state index in [1.165, 1.54) is 0 Å². The maximum absolute atomic E-state index is 11.5. The first-order valence-corrected chi connectivity index (χ1v) is 6.22. The van der Waals surface area contributed by atoms with Crippen molar-refractivity contribution in [2.24, 2.45) is 0 Å². The molecule has 1 aromatic carbocycles. The standard InChI is InChI=1S/C11H15NO3S/c1-3-8-5-9(4-2)7-10(6-8)11(13)12-16(14)15/h5-7H,3-4H2,1-2H3,(H,12,13)(H,14,15). The van der Waals surface area contributed by atoms with Crippen LogP contribution in [0.5, 0.6) is 0 Å². The van der Waals surface area contributed by atoms with Crippen LogP contribution in [0.3, 0.4) is 0 Å². The summed E-state index contributed by atoms with van der Waals surface area (Å²) in [4.78, 5) is 11.5. The van der Waals surface area contributed by atoms with Crippen molar-refractivity contribution in [3.05, 3.63) is 34.9 Å². The van der Waals surface area contributed by atoms with Gasteiger partial charge in [0.1, 0.15) is 0 Å². The lowest BCUT2D eigenvalue weighted by Crippen LogP contribution is -2.25. The Balaban J connectivity index is 3.02. The molecule has 1 amide bonds. The van der Waals surface area contributed by atoms with Crippen LogP contribution >= 0.6 is 0 Å². The number of hydrogen-bond acceptors (Lipinski definition) is 2. The van der Waals surface area contributed by atoms with Crippen LogP contribution in [0.4, 0.5) is 0 Å². The van der Waals surface area contributed by atoms with E-state index < -0.39 is 17.2 Å². The minimum atomic E-state index is -2.31. The zero-order valence-electron chi connectivity index (χ0n) is 9.32. The molecule has 1 unspecified atom stereocenters. The van der Waals surface area contributed by atoms with E-state index in [9.17, 15) is 9.00 Å². The lowest BCUT2D eigenvalue weighted by Gasteiger charge is -2.06. The van der Waals surface area contributed by atoms with E-state index in [-0.39, 0.29) is 0 Å². The third-order valence-corrected chi connectivity index (χ3v) is 2.67. The number of rotatable bonds is 4. The van der Waals surface area contributed by atoms with Crippen molar-refractivity contribution in [2.45, 2.75) is 26.7 Å². The molecule has 0 bridgehead atoms. The first-order chi connectivity index (χ1) is 7.56. The van der Waals surface area contributed by atoms with E-state index in [2.05, 4.69) is 0 Å². The maximum atomic E-state index is 11.5. The predicted octanol–water partition coefficient (Wildman–Crippen LogP) is 1.68. The fourth-order valence-corrected chi connectivity index (χ4v) is 1.72. The second kappa shape index (κ2) is 5.77. The van der Waals surface area contributed by atoms with Crippen molar-refractivity contribution >= 4 is 17.2 Å². The average molecular weight is 241 g/mol. The first-order valence-electron chi connectivity index (χ1n) is 5.11. The van der Waals surface area contributed by atoms with Gasteiger partial charge in [0.15, 0.2) is 0 Å². The second-order valence-electron chi connectivity index (χ2n) is 3.43. The van der Waals surface area contributed by atoms with Gasteiger partial charge >= 0.3 is 0 Å². The highest BCUT2D eigenvalue weighted by molar-refractivity contribution is 7.77. The van der Waals surface area contributed by atoms with Crippen molar-refractivity contribution in [3.63, 3.8) is 0 Å². The fraction of sp³-hybridized carbons (Fsp3) is 0.364. The Bertz CT molecular complexity index is 395. The Morgan fingerprint density at radius 3 is 2.12 bits per heavy atom. The summed E-state index contributed by atoms with van der Waals surface area (Å²) in [6.45, 7) is 4.00. The van der Waals surface area contributed by atoms with E-state index in [0.717, 1.165) is 24.0 Å². The largest absolute Gasteiger partial charge is 0.289 e. The zero-order valence-corrected chi connectivity index (χ0v) is 10.1. The SMILES string of the molecule is CCc1cc(CC)cc(C(=O)NS(=O)O)c1. The normalized spacial score (nSPS) is 12.2. The lowest BCUT2D eigenvalue weighted by atomic mass is 10.0. The Morgan fingerprint density at radius 1 is 1.25 bits per heavy atom. The molecule has 0 aliphatic rings. The van der Waals surface area contributed by atoms with Crippen LogP contribution in [0, 0.1) is 0 Å². The zero-order chi connectivity index (χ0) is 12.1. The smallest absolute Gasteiger partial charge is 0.264 e. The molecule has 0 heterocycles. The van der Waals surface area contributed by atoms with Gasteiger partial charge in [-0.25, -0.2) is 8.93 Å². The van der Waals surface area contributed by atoms with Gasteiger partial charge in [-0.05, 0) is 36.1 Å². The number of carbonyl (C=O) groups is 1. The fourth-order valence-electron chi connectivity index (χ4n) is 1.44. The molecule has 0 spiro atoms. The van der Waals surface area contributed by atoms with Crippen LogP contribution < -0.4 is 4.72 Å². The van der Waals surface area contributed by atoms with Gasteiger partial charge in [-0.1, -0.05) is 19.9 Å². The molecule has 5 heteroatoms. The van der Waals surface area contributed by atoms with Gasteiger partial charge in [0.05, 0.1) is 0 Å². The Morgan fingerprint density at radius 2 is 1.75 bits per heavy atom. The Kier molecular flexibility index (Phi) is 4.64. The average Bonchev–Trinajstić information content (AvgIpc) is 2.27. The van der Waals surface area contributed by atoms with E-state index in [1.807, 2.05) is 24.6 Å². The summed E-state index contributed by atoms with van der Waals surface area (Å²) >= 11 is -2.31. The molecule has 0 aliphatic carbocycles. The van der Waals surface area contributed by atoms with Crippen molar-refractivity contribution < 1.29 is 13.6 Å². The minimum absolute atomic E-state index is 0.429. The van der Waals surface area contributed by atoms with Gasteiger partial charge in [0.2, 0.25) is 0 Å². The van der Waals surface area contributed by atoms with Gasteiger partial charge in [-0.3, -0.25) is 9.35 Å². The number of carbonyl (C=O) groups excluding carboxylic acids is 1. The number of nitrogens with one attached hydrogen (secondary N) is 1. The summed E-state index contributed by atoms with van der Waals surface area (Å²) in [6, 6.07) is 5.51. The molecular weight excluding hydrogens is 226 g/mol. The maximum Gasteiger partial charge on any atom is 0.264 e. The third kappa shape index (κ3) is 3.43. The highest BCUT2D eigenvalue weighted by atomic mass is 32.2. The predicted molar refractivity (Wildman–Crippen MR) is 63.4 cm³/mol. The molecule has 0 fully saturated rings. The summed E-state index contributed by atoms with van der Waals surface area (Å²) in [5.41, 5.74) is 2.53. The van der Waals surface area contributed by atoms with Gasteiger partial charge < -0.3 is 0 Å². The summed E-state index contributed by atoms with van der Waals surface area (Å²) < 4.78 is 21.0. The van der Waals surface area contributed by atoms with E-state index in [4.69, 9.17) is 4.55 Å². The van der Waals surface area contributed by atoms with Crippen LogP contribution in [-0.2, 0) is 24.1 Å². The molecule has 88 valence electrons. The van der Waals surface area contributed by atoms with Crippen molar-refractivity contribution in [1.29, 1.82) is 0 Å². The molecule has 0 saturated carbocycles. The van der Waals surface area contributed by atoms with Crippen LogP contribution in [0.25, 0.3) is 0 Å². The monoisotopic (exact) mass is 241 g/mol. The van der Waals surface area contributed by atoms with Gasteiger partial charge in [0, 0.05) is 5.56 Å². The van der Waals surface area contributed by atoms with Crippen molar-refractivity contribution in [3.8, 4) is 0 Å². The van der Waals surface area contributed by atoms with Crippen LogP contribution in [-0.4, -0.2) is 14.7 Å². The van der Waals surface area contributed by atoms with E-state index >= 15 is 0 Å². The van der Waals surface area contributed by atoms with Gasteiger partial charge in [0.25, 0.3) is 17.2 Å². The number of amides is 1. The van der Waals surface area contributed by atoms with Crippen LogP contribution in [0.1, 0.15) is 35.3 Å². The van der Waals surface area contributed by atoms with Gasteiger partial charge in [-0.2, -0.15) is 0 Å². The Hall–Kier alpha value is -1.20. The molecule has 0 saturated heterocycles. The molecule has 16 heavy (non-hydrogen) atoms. The molecule has 4 nitrogen and oxygen atoms in total. The molecule has 0 aliphatic heterocycles. The minimum Gasteiger partial charge on any atom is -0.289 e. The van der Waals surface area contributed by atoms with Crippen LogP contribution in [0.2, 0.25) is 0 Å². The molecular formula is C11H15NO3S. The molecule has 1 rings (SSSR count). The molecule has 2 N–H and O–H groups in total. The summed E-state index contributed by atoms with van der Waals surface area (Å²) in [5.74, 6) is -0.522. The number of aryl methyl sites for hydroxylation is 2. The Labute approximate surface area is 97.5 Å². The summed E-state index contributed by atoms with van der Waals surface area (Å²) in [7, 11) is 0. The quantitative estimate of drug-likeness (QED) is 0.788. The highest BCUT2D eigenvalue weighted by Gasteiger charge is 2.09. The highest BCUT2D eigenvalue weighted by Crippen LogP contribution is 2.12. The third-order valence-electron chi connectivity index (χ3n) is 2.31. The second-order valence-corrected chi connectivity index (χ2v) is 4.13. The molecule has 0 radical (unpaired) electrons. The lowest BCUT2D eigenvalue weighted by molar-refractivity contribution is 0.0980. The van der Waals surface area contributed by atoms with Crippen molar-refractivity contribution in [1.82, 2.24) is 4.72 Å². The van der Waals surface area contributed by atoms with Gasteiger partial charge in [-0.15, -0.1) is 0 Å². The number of benzene rings is 1. The number of hydrogen-bond donors (Lipinski definition) is 2. The molecule has 1 atom stereocenters. The summed E-state index contributed by atoms with van der Waals surface area (Å²) in [5, 5.41) is 0. The summed E-state index contributed by atoms with van der Waals surface area (Å²) in [6.07, 6.45) is 1.66. The van der Waals surface area contributed by atoms with E-state index in [0.29, 0.717) is 5.56 Å².